The number of rotatable bonds is 8. The number of nitrogens with one attached hydrogen (secondary N) is 1. The van der Waals surface area contributed by atoms with Gasteiger partial charge in [0.25, 0.3) is 5.91 Å². The Bertz CT molecular complexity index is 1130. The lowest BCUT2D eigenvalue weighted by Gasteiger charge is -2.29. The molecule has 3 heterocycles. The summed E-state index contributed by atoms with van der Waals surface area (Å²) in [6.07, 6.45) is 0.740. The molecule has 2 amide bonds. The Morgan fingerprint density at radius 2 is 2.19 bits per heavy atom. The molecule has 1 N–H and O–H groups in total. The highest BCUT2D eigenvalue weighted by molar-refractivity contribution is 7.15. The molecule has 1 aliphatic rings. The number of carbonyl (C=O) groups is 2. The summed E-state index contributed by atoms with van der Waals surface area (Å²) in [7, 11) is 1.66. The largest absolute Gasteiger partial charge is 0.482 e. The summed E-state index contributed by atoms with van der Waals surface area (Å²) in [5.41, 5.74) is 2.19. The van der Waals surface area contributed by atoms with Gasteiger partial charge >= 0.3 is 0 Å². The van der Waals surface area contributed by atoms with Gasteiger partial charge in [-0.25, -0.2) is 4.98 Å². The molecule has 11 heteroatoms. The van der Waals surface area contributed by atoms with Crippen LogP contribution in [0.5, 0.6) is 5.75 Å². The zero-order chi connectivity index (χ0) is 22.7. The third-order valence-electron chi connectivity index (χ3n) is 4.75. The number of amides is 2. The first-order valence-corrected chi connectivity index (χ1v) is 11.8. The summed E-state index contributed by atoms with van der Waals surface area (Å²) in [6.45, 7) is 4.36. The van der Waals surface area contributed by atoms with Crippen molar-refractivity contribution in [1.29, 1.82) is 0 Å². The van der Waals surface area contributed by atoms with E-state index < -0.39 is 0 Å². The number of anilines is 2. The van der Waals surface area contributed by atoms with E-state index in [0.717, 1.165) is 27.7 Å². The van der Waals surface area contributed by atoms with Gasteiger partial charge in [-0.05, 0) is 18.2 Å². The summed E-state index contributed by atoms with van der Waals surface area (Å²) in [5.74, 6) is 0.140. The van der Waals surface area contributed by atoms with E-state index in [1.165, 1.54) is 16.2 Å². The number of methoxy groups -OCH3 is 1. The second-order valence-corrected chi connectivity index (χ2v) is 9.42. The third kappa shape index (κ3) is 4.95. The SMILES string of the molecule is COCCc1nc(-c2ccc3c(c2)N(CC(=O)Nc2nnc(C(C)C)s2)C(=O)CO3)cs1. The molecule has 0 saturated carbocycles. The molecule has 1 aromatic carbocycles. The van der Waals surface area contributed by atoms with Crippen molar-refractivity contribution in [3.63, 3.8) is 0 Å². The summed E-state index contributed by atoms with van der Waals surface area (Å²) < 4.78 is 10.7. The van der Waals surface area contributed by atoms with E-state index in [4.69, 9.17) is 9.47 Å². The standard InChI is InChI=1S/C21H23N5O4S2/c1-12(2)20-24-25-21(32-20)23-17(27)9-26-15-8-13(4-5-16(15)30-10-19(26)28)14-11-31-18(22-14)6-7-29-3/h4-5,8,11-12H,6-7,9-10H2,1-3H3,(H,23,25,27). The zero-order valence-corrected chi connectivity index (χ0v) is 19.6. The van der Waals surface area contributed by atoms with E-state index in [0.29, 0.717) is 23.2 Å². The van der Waals surface area contributed by atoms with Gasteiger partial charge in [0.1, 0.15) is 17.3 Å². The maximum absolute atomic E-state index is 12.6. The fraction of sp³-hybridized carbons (Fsp3) is 0.381. The second-order valence-electron chi connectivity index (χ2n) is 7.47. The molecule has 168 valence electrons. The number of thiazole rings is 1. The van der Waals surface area contributed by atoms with Gasteiger partial charge in [-0.3, -0.25) is 19.8 Å². The van der Waals surface area contributed by atoms with Crippen molar-refractivity contribution in [2.45, 2.75) is 26.2 Å². The zero-order valence-electron chi connectivity index (χ0n) is 18.0. The van der Waals surface area contributed by atoms with Gasteiger partial charge in [-0.2, -0.15) is 0 Å². The molecular formula is C21H23N5O4S2. The van der Waals surface area contributed by atoms with E-state index >= 15 is 0 Å². The molecule has 9 nitrogen and oxygen atoms in total. The summed E-state index contributed by atoms with van der Waals surface area (Å²) >= 11 is 2.89. The van der Waals surface area contributed by atoms with E-state index in [1.807, 2.05) is 31.4 Å². The Balaban J connectivity index is 1.52. The maximum Gasteiger partial charge on any atom is 0.265 e. The lowest BCUT2D eigenvalue weighted by atomic mass is 10.1. The van der Waals surface area contributed by atoms with Crippen molar-refractivity contribution >= 4 is 45.3 Å². The van der Waals surface area contributed by atoms with Crippen LogP contribution in [0, 0.1) is 0 Å². The minimum atomic E-state index is -0.349. The molecule has 0 aliphatic carbocycles. The van der Waals surface area contributed by atoms with Gasteiger partial charge in [0.15, 0.2) is 6.61 Å². The van der Waals surface area contributed by atoms with Crippen molar-refractivity contribution in [3.8, 4) is 17.0 Å². The number of carbonyl (C=O) groups excluding carboxylic acids is 2. The van der Waals surface area contributed by atoms with Crippen molar-refractivity contribution in [3.05, 3.63) is 33.6 Å². The predicted molar refractivity (Wildman–Crippen MR) is 124 cm³/mol. The normalized spacial score (nSPS) is 13.2. The van der Waals surface area contributed by atoms with Crippen LogP contribution in [-0.2, 0) is 20.7 Å². The topological polar surface area (TPSA) is 107 Å². The van der Waals surface area contributed by atoms with E-state index in [9.17, 15) is 9.59 Å². The predicted octanol–water partition coefficient (Wildman–Crippen LogP) is 3.34. The van der Waals surface area contributed by atoms with E-state index in [1.54, 1.807) is 24.5 Å². The van der Waals surface area contributed by atoms with Gasteiger partial charge in [0.05, 0.1) is 23.0 Å². The van der Waals surface area contributed by atoms with E-state index in [-0.39, 0.29) is 30.9 Å². The quantitative estimate of drug-likeness (QED) is 0.535. The number of ether oxygens (including phenoxy) is 2. The number of hydrogen-bond donors (Lipinski definition) is 1. The number of aromatic nitrogens is 3. The molecule has 1 aliphatic heterocycles. The van der Waals surface area contributed by atoms with Gasteiger partial charge in [0, 0.05) is 30.4 Å². The van der Waals surface area contributed by atoms with Gasteiger partial charge in [-0.1, -0.05) is 25.2 Å². The minimum absolute atomic E-state index is 0.117. The molecule has 0 fully saturated rings. The van der Waals surface area contributed by atoms with Crippen LogP contribution in [0.4, 0.5) is 10.8 Å². The van der Waals surface area contributed by atoms with Crippen LogP contribution in [0.1, 0.15) is 29.8 Å². The Morgan fingerprint density at radius 3 is 2.94 bits per heavy atom. The Kier molecular flexibility index (Phi) is 6.77. The molecule has 0 unspecified atom stereocenters. The van der Waals surface area contributed by atoms with E-state index in [2.05, 4.69) is 20.5 Å². The fourth-order valence-electron chi connectivity index (χ4n) is 3.10. The average Bonchev–Trinajstić information content (AvgIpc) is 3.44. The lowest BCUT2D eigenvalue weighted by molar-refractivity contribution is -0.123. The average molecular weight is 474 g/mol. The highest BCUT2D eigenvalue weighted by Crippen LogP contribution is 2.36. The molecule has 2 aromatic heterocycles. The molecule has 32 heavy (non-hydrogen) atoms. The van der Waals surface area contributed by atoms with Crippen LogP contribution in [0.3, 0.4) is 0 Å². The molecular weight excluding hydrogens is 450 g/mol. The van der Waals surface area contributed by atoms with Crippen LogP contribution in [0.2, 0.25) is 0 Å². The Labute approximate surface area is 193 Å². The summed E-state index contributed by atoms with van der Waals surface area (Å²) in [5, 5.41) is 15.0. The lowest BCUT2D eigenvalue weighted by Crippen LogP contribution is -2.43. The number of hydrogen-bond acceptors (Lipinski definition) is 9. The highest BCUT2D eigenvalue weighted by atomic mass is 32.1. The Hall–Kier alpha value is -2.89. The number of benzene rings is 1. The first-order chi connectivity index (χ1) is 15.4. The molecule has 0 saturated heterocycles. The molecule has 3 aromatic rings. The van der Waals surface area contributed by atoms with Gasteiger partial charge < -0.3 is 9.47 Å². The molecule has 0 spiro atoms. The van der Waals surface area contributed by atoms with Gasteiger partial charge in [-0.15, -0.1) is 21.5 Å². The first kappa shape index (κ1) is 22.3. The molecule has 0 atom stereocenters. The third-order valence-corrected chi connectivity index (χ3v) is 6.80. The summed E-state index contributed by atoms with van der Waals surface area (Å²) in [6, 6.07) is 5.53. The van der Waals surface area contributed by atoms with Crippen molar-refractivity contribution in [2.75, 3.05) is 37.1 Å². The maximum atomic E-state index is 12.6. The van der Waals surface area contributed by atoms with Crippen LogP contribution >= 0.6 is 22.7 Å². The molecule has 4 rings (SSSR count). The fourth-order valence-corrected chi connectivity index (χ4v) is 4.65. The number of fused-ring (bicyclic) bond motifs is 1. The number of nitrogens with zero attached hydrogens (tertiary/aromatic N) is 4. The summed E-state index contributed by atoms with van der Waals surface area (Å²) in [4.78, 5) is 31.3. The molecule has 0 bridgehead atoms. The highest BCUT2D eigenvalue weighted by Gasteiger charge is 2.28. The van der Waals surface area contributed by atoms with Crippen LogP contribution in [0.15, 0.2) is 23.6 Å². The second kappa shape index (κ2) is 9.72. The monoisotopic (exact) mass is 473 g/mol. The van der Waals surface area contributed by atoms with Crippen LogP contribution in [-0.4, -0.2) is 53.9 Å². The van der Waals surface area contributed by atoms with Crippen LogP contribution in [0.25, 0.3) is 11.3 Å². The Morgan fingerprint density at radius 1 is 1.34 bits per heavy atom. The minimum Gasteiger partial charge on any atom is -0.482 e. The van der Waals surface area contributed by atoms with Crippen molar-refractivity contribution in [1.82, 2.24) is 15.2 Å². The van der Waals surface area contributed by atoms with Crippen LogP contribution < -0.4 is 15.0 Å². The van der Waals surface area contributed by atoms with Crippen molar-refractivity contribution in [2.24, 2.45) is 0 Å². The van der Waals surface area contributed by atoms with Crippen molar-refractivity contribution < 1.29 is 19.1 Å². The first-order valence-electron chi connectivity index (χ1n) is 10.1. The smallest absolute Gasteiger partial charge is 0.265 e. The molecule has 0 radical (unpaired) electrons. The van der Waals surface area contributed by atoms with Gasteiger partial charge in [0.2, 0.25) is 11.0 Å².